The molecule has 3 aromatic heterocycles. The van der Waals surface area contributed by atoms with E-state index in [1.165, 1.54) is 5.56 Å². The molecule has 0 N–H and O–H groups in total. The van der Waals surface area contributed by atoms with Gasteiger partial charge >= 0.3 is 0 Å². The van der Waals surface area contributed by atoms with Gasteiger partial charge in [0, 0.05) is 17.8 Å². The SMILES string of the molecule is Cc1cncc(C(=O)N(Cc2ccco2)Cc2cc3cc(C)ccc3o2)c1. The van der Waals surface area contributed by atoms with E-state index in [9.17, 15) is 4.79 Å². The van der Waals surface area contributed by atoms with Gasteiger partial charge < -0.3 is 13.7 Å². The number of fused-ring (bicyclic) bond motifs is 1. The van der Waals surface area contributed by atoms with Crippen molar-refractivity contribution in [3.63, 3.8) is 0 Å². The average molecular weight is 360 g/mol. The van der Waals surface area contributed by atoms with Crippen LogP contribution in [0, 0.1) is 13.8 Å². The van der Waals surface area contributed by atoms with Gasteiger partial charge in [0.1, 0.15) is 17.1 Å². The van der Waals surface area contributed by atoms with Crippen LogP contribution >= 0.6 is 0 Å². The van der Waals surface area contributed by atoms with Crippen LogP contribution in [0.2, 0.25) is 0 Å². The fourth-order valence-electron chi connectivity index (χ4n) is 3.13. The predicted octanol–water partition coefficient (Wildman–Crippen LogP) is 4.88. The van der Waals surface area contributed by atoms with Crippen LogP contribution < -0.4 is 0 Å². The van der Waals surface area contributed by atoms with Crippen LogP contribution in [0.4, 0.5) is 0 Å². The summed E-state index contributed by atoms with van der Waals surface area (Å²) in [5.41, 5.74) is 3.48. The van der Waals surface area contributed by atoms with Crippen LogP contribution in [0.1, 0.15) is 33.0 Å². The van der Waals surface area contributed by atoms with E-state index < -0.39 is 0 Å². The largest absolute Gasteiger partial charge is 0.467 e. The van der Waals surface area contributed by atoms with Crippen molar-refractivity contribution in [2.24, 2.45) is 0 Å². The molecule has 3 heterocycles. The molecule has 0 fully saturated rings. The first-order chi connectivity index (χ1) is 13.1. The summed E-state index contributed by atoms with van der Waals surface area (Å²) in [6.45, 7) is 4.67. The first kappa shape index (κ1) is 17.1. The summed E-state index contributed by atoms with van der Waals surface area (Å²) in [6.07, 6.45) is 4.93. The second-order valence-corrected chi connectivity index (χ2v) is 6.75. The monoisotopic (exact) mass is 360 g/mol. The topological polar surface area (TPSA) is 59.5 Å². The number of furan rings is 2. The third-order valence-electron chi connectivity index (χ3n) is 4.41. The van der Waals surface area contributed by atoms with Crippen LogP contribution in [-0.2, 0) is 13.1 Å². The number of carbonyl (C=O) groups is 1. The lowest BCUT2D eigenvalue weighted by Crippen LogP contribution is -2.30. The van der Waals surface area contributed by atoms with Gasteiger partial charge in [-0.05, 0) is 55.8 Å². The number of hydrogen-bond acceptors (Lipinski definition) is 4. The third-order valence-corrected chi connectivity index (χ3v) is 4.41. The number of aryl methyl sites for hydroxylation is 2. The molecular formula is C22H20N2O3. The van der Waals surface area contributed by atoms with Gasteiger partial charge in [-0.3, -0.25) is 9.78 Å². The molecule has 0 aliphatic carbocycles. The Morgan fingerprint density at radius 3 is 2.63 bits per heavy atom. The summed E-state index contributed by atoms with van der Waals surface area (Å²) in [6, 6.07) is 13.5. The molecule has 0 unspecified atom stereocenters. The number of carbonyl (C=O) groups excluding carboxylic acids is 1. The minimum atomic E-state index is -0.112. The molecule has 0 radical (unpaired) electrons. The van der Waals surface area contributed by atoms with Gasteiger partial charge in [0.25, 0.3) is 5.91 Å². The lowest BCUT2D eigenvalue weighted by atomic mass is 10.1. The van der Waals surface area contributed by atoms with Gasteiger partial charge in [-0.1, -0.05) is 11.6 Å². The van der Waals surface area contributed by atoms with Crippen molar-refractivity contribution in [3.05, 3.63) is 89.3 Å². The number of aromatic nitrogens is 1. The van der Waals surface area contributed by atoms with Crippen molar-refractivity contribution in [2.75, 3.05) is 0 Å². The number of benzene rings is 1. The zero-order valence-corrected chi connectivity index (χ0v) is 15.3. The lowest BCUT2D eigenvalue weighted by Gasteiger charge is -2.20. The molecule has 1 aromatic carbocycles. The molecule has 5 nitrogen and oxygen atoms in total. The number of pyridine rings is 1. The average Bonchev–Trinajstić information content (AvgIpc) is 3.29. The van der Waals surface area contributed by atoms with E-state index in [0.29, 0.717) is 18.7 Å². The first-order valence-electron chi connectivity index (χ1n) is 8.81. The molecule has 0 atom stereocenters. The molecule has 0 aliphatic heterocycles. The highest BCUT2D eigenvalue weighted by Gasteiger charge is 2.20. The van der Waals surface area contributed by atoms with Crippen LogP contribution in [-0.4, -0.2) is 15.8 Å². The lowest BCUT2D eigenvalue weighted by molar-refractivity contribution is 0.0705. The summed E-state index contributed by atoms with van der Waals surface area (Å²) in [7, 11) is 0. The minimum absolute atomic E-state index is 0.112. The zero-order chi connectivity index (χ0) is 18.8. The second kappa shape index (κ2) is 7.11. The first-order valence-corrected chi connectivity index (χ1v) is 8.81. The van der Waals surface area contributed by atoms with E-state index >= 15 is 0 Å². The number of nitrogens with zero attached hydrogens (tertiary/aromatic N) is 2. The van der Waals surface area contributed by atoms with Crippen molar-refractivity contribution in [3.8, 4) is 0 Å². The van der Waals surface area contributed by atoms with Crippen molar-refractivity contribution in [1.29, 1.82) is 0 Å². The maximum Gasteiger partial charge on any atom is 0.256 e. The molecule has 5 heteroatoms. The summed E-state index contributed by atoms with van der Waals surface area (Å²) in [5, 5.41) is 1.03. The van der Waals surface area contributed by atoms with Gasteiger partial charge in [-0.25, -0.2) is 0 Å². The normalized spacial score (nSPS) is 11.0. The predicted molar refractivity (Wildman–Crippen MR) is 102 cm³/mol. The molecular weight excluding hydrogens is 340 g/mol. The van der Waals surface area contributed by atoms with Gasteiger partial charge in [0.15, 0.2) is 0 Å². The Morgan fingerprint density at radius 1 is 1.00 bits per heavy atom. The second-order valence-electron chi connectivity index (χ2n) is 6.75. The Balaban J connectivity index is 1.65. The highest BCUT2D eigenvalue weighted by atomic mass is 16.3. The van der Waals surface area contributed by atoms with Gasteiger partial charge in [-0.15, -0.1) is 0 Å². The minimum Gasteiger partial charge on any atom is -0.467 e. The van der Waals surface area contributed by atoms with Crippen molar-refractivity contribution in [2.45, 2.75) is 26.9 Å². The molecule has 0 saturated carbocycles. The van der Waals surface area contributed by atoms with E-state index in [-0.39, 0.29) is 5.91 Å². The molecule has 0 bridgehead atoms. The van der Waals surface area contributed by atoms with Crippen LogP contribution in [0.3, 0.4) is 0 Å². The summed E-state index contributed by atoms with van der Waals surface area (Å²) in [4.78, 5) is 18.9. The summed E-state index contributed by atoms with van der Waals surface area (Å²) < 4.78 is 11.4. The number of amides is 1. The zero-order valence-electron chi connectivity index (χ0n) is 15.3. The Labute approximate surface area is 157 Å². The van der Waals surface area contributed by atoms with Crippen molar-refractivity contribution >= 4 is 16.9 Å². The van der Waals surface area contributed by atoms with E-state index in [1.807, 2.05) is 50.2 Å². The van der Waals surface area contributed by atoms with Crippen molar-refractivity contribution < 1.29 is 13.6 Å². The molecule has 1 amide bonds. The molecule has 4 rings (SSSR count). The third kappa shape index (κ3) is 3.77. The number of rotatable bonds is 5. The van der Waals surface area contributed by atoms with Gasteiger partial charge in [0.05, 0.1) is 24.9 Å². The standard InChI is InChI=1S/C22H20N2O3/c1-15-5-6-21-17(8-15)10-20(27-21)14-24(13-19-4-3-7-26-19)22(25)18-9-16(2)11-23-12-18/h3-12H,13-14H2,1-2H3. The van der Waals surface area contributed by atoms with E-state index in [2.05, 4.69) is 11.1 Å². The molecule has 4 aromatic rings. The van der Waals surface area contributed by atoms with E-state index in [4.69, 9.17) is 8.83 Å². The maximum absolute atomic E-state index is 13.1. The van der Waals surface area contributed by atoms with Crippen LogP contribution in [0.5, 0.6) is 0 Å². The highest BCUT2D eigenvalue weighted by molar-refractivity contribution is 5.94. The summed E-state index contributed by atoms with van der Waals surface area (Å²) >= 11 is 0. The Kier molecular flexibility index (Phi) is 4.50. The quantitative estimate of drug-likeness (QED) is 0.509. The van der Waals surface area contributed by atoms with Crippen molar-refractivity contribution in [1.82, 2.24) is 9.88 Å². The Morgan fingerprint density at radius 2 is 1.85 bits per heavy atom. The molecule has 27 heavy (non-hydrogen) atoms. The Hall–Kier alpha value is -3.34. The van der Waals surface area contributed by atoms with E-state index in [0.717, 1.165) is 28.1 Å². The molecule has 0 saturated heterocycles. The van der Waals surface area contributed by atoms with Crippen LogP contribution in [0.15, 0.2) is 70.0 Å². The fraction of sp³-hybridized carbons (Fsp3) is 0.182. The fourth-order valence-corrected chi connectivity index (χ4v) is 3.13. The summed E-state index contributed by atoms with van der Waals surface area (Å²) in [5.74, 6) is 1.34. The van der Waals surface area contributed by atoms with E-state index in [1.54, 1.807) is 23.6 Å². The smallest absolute Gasteiger partial charge is 0.256 e. The molecule has 0 aliphatic rings. The molecule has 0 spiro atoms. The van der Waals surface area contributed by atoms with Gasteiger partial charge in [-0.2, -0.15) is 0 Å². The maximum atomic E-state index is 13.1. The highest BCUT2D eigenvalue weighted by Crippen LogP contribution is 2.23. The Bertz CT molecular complexity index is 1080. The van der Waals surface area contributed by atoms with Gasteiger partial charge in [0.2, 0.25) is 0 Å². The van der Waals surface area contributed by atoms with Crippen LogP contribution in [0.25, 0.3) is 11.0 Å². The number of hydrogen-bond donors (Lipinski definition) is 0. The molecule has 136 valence electrons.